The van der Waals surface area contributed by atoms with Crippen molar-refractivity contribution in [1.29, 1.82) is 0 Å². The van der Waals surface area contributed by atoms with Crippen LogP contribution in [0.1, 0.15) is 0 Å². The zero-order chi connectivity index (χ0) is 13.2. The van der Waals surface area contributed by atoms with Gasteiger partial charge in [-0.2, -0.15) is 0 Å². The average Bonchev–Trinajstić information content (AvgIpc) is 2.26. The normalized spacial score (nSPS) is 9.71. The highest BCUT2D eigenvalue weighted by molar-refractivity contribution is 5.88. The minimum Gasteiger partial charge on any atom is -0.378 e. The molecule has 0 unspecified atom stereocenters. The molecule has 4 heteroatoms. The van der Waals surface area contributed by atoms with Crippen LogP contribution in [0.15, 0.2) is 12.1 Å². The van der Waals surface area contributed by atoms with Gasteiger partial charge >= 0.3 is 5.69 Å². The average molecular weight is 233 g/mol. The summed E-state index contributed by atoms with van der Waals surface area (Å²) in [6.07, 6.45) is 0. The standard InChI is InChI=1S/C13H21N4/c1-14-13-11(16(4)5)8-10(15(2)3)9-12(13)17(6)7/h1,8-9H,2-7H3/q+1. The van der Waals surface area contributed by atoms with Gasteiger partial charge in [0.25, 0.3) is 6.57 Å². The maximum Gasteiger partial charge on any atom is 0.385 e. The van der Waals surface area contributed by atoms with Crippen LogP contribution < -0.4 is 14.7 Å². The van der Waals surface area contributed by atoms with E-state index >= 15 is 0 Å². The lowest BCUT2D eigenvalue weighted by Crippen LogP contribution is -2.16. The van der Waals surface area contributed by atoms with Crippen molar-refractivity contribution < 1.29 is 0 Å². The topological polar surface area (TPSA) is 14.1 Å². The summed E-state index contributed by atoms with van der Waals surface area (Å²) in [7, 11) is 12.0. The van der Waals surface area contributed by atoms with Crippen LogP contribution in [0.25, 0.3) is 4.85 Å². The molecule has 1 aromatic rings. The van der Waals surface area contributed by atoms with E-state index in [0.717, 1.165) is 22.7 Å². The first-order chi connectivity index (χ1) is 7.88. The molecular formula is C13H21N4+. The number of benzene rings is 1. The van der Waals surface area contributed by atoms with Gasteiger partial charge in [0.05, 0.1) is 0 Å². The quantitative estimate of drug-likeness (QED) is 0.797. The molecule has 17 heavy (non-hydrogen) atoms. The van der Waals surface area contributed by atoms with Crippen molar-refractivity contribution in [1.82, 2.24) is 0 Å². The zero-order valence-electron chi connectivity index (χ0n) is 11.5. The van der Waals surface area contributed by atoms with E-state index in [4.69, 9.17) is 6.57 Å². The summed E-state index contributed by atoms with van der Waals surface area (Å²) in [5.41, 5.74) is 3.97. The molecule has 0 aromatic heterocycles. The summed E-state index contributed by atoms with van der Waals surface area (Å²) in [6, 6.07) is 4.16. The molecule has 92 valence electrons. The minimum absolute atomic E-state index is 0.811. The van der Waals surface area contributed by atoms with E-state index in [-0.39, 0.29) is 0 Å². The molecule has 0 N–H and O–H groups in total. The maximum atomic E-state index is 5.51. The van der Waals surface area contributed by atoms with Gasteiger partial charge in [0, 0.05) is 48.0 Å². The van der Waals surface area contributed by atoms with Gasteiger partial charge in [-0.1, -0.05) is 0 Å². The Morgan fingerprint density at radius 2 is 1.24 bits per heavy atom. The van der Waals surface area contributed by atoms with Crippen LogP contribution in [-0.4, -0.2) is 42.3 Å². The Morgan fingerprint density at radius 1 is 0.824 bits per heavy atom. The first-order valence-corrected chi connectivity index (χ1v) is 5.49. The first-order valence-electron chi connectivity index (χ1n) is 5.49. The lowest BCUT2D eigenvalue weighted by atomic mass is 10.1. The van der Waals surface area contributed by atoms with Crippen molar-refractivity contribution in [2.45, 2.75) is 0 Å². The van der Waals surface area contributed by atoms with Crippen LogP contribution in [0.2, 0.25) is 0 Å². The van der Waals surface area contributed by atoms with Crippen LogP contribution in [0.5, 0.6) is 0 Å². The molecule has 0 heterocycles. The Balaban J connectivity index is 3.53. The largest absolute Gasteiger partial charge is 0.385 e. The fourth-order valence-corrected chi connectivity index (χ4v) is 1.66. The third-order valence-electron chi connectivity index (χ3n) is 2.66. The SMILES string of the molecule is C#[N+]c1c(N(C)C)cc(N(C)C)cc1N(C)C. The van der Waals surface area contributed by atoms with Crippen molar-refractivity contribution in [2.75, 3.05) is 57.0 Å². The summed E-state index contributed by atoms with van der Waals surface area (Å²) in [4.78, 5) is 10.0. The predicted octanol–water partition coefficient (Wildman–Crippen LogP) is 2.48. The van der Waals surface area contributed by atoms with Gasteiger partial charge in [0.15, 0.2) is 0 Å². The van der Waals surface area contributed by atoms with Crippen LogP contribution >= 0.6 is 0 Å². The first kappa shape index (κ1) is 13.2. The summed E-state index contributed by atoms with van der Waals surface area (Å²) < 4.78 is 0. The van der Waals surface area contributed by atoms with Crippen LogP contribution in [0, 0.1) is 6.57 Å². The van der Waals surface area contributed by atoms with E-state index in [2.05, 4.69) is 21.9 Å². The van der Waals surface area contributed by atoms with E-state index in [1.807, 2.05) is 52.1 Å². The number of rotatable bonds is 3. The summed E-state index contributed by atoms with van der Waals surface area (Å²) >= 11 is 0. The van der Waals surface area contributed by atoms with Crippen LogP contribution in [0.3, 0.4) is 0 Å². The highest BCUT2D eigenvalue weighted by Gasteiger charge is 2.22. The molecule has 0 atom stereocenters. The smallest absolute Gasteiger partial charge is 0.378 e. The Labute approximate surface area is 104 Å². The minimum atomic E-state index is 0.811. The zero-order valence-corrected chi connectivity index (χ0v) is 11.5. The highest BCUT2D eigenvalue weighted by Crippen LogP contribution is 2.40. The van der Waals surface area contributed by atoms with E-state index in [1.165, 1.54) is 0 Å². The van der Waals surface area contributed by atoms with Gasteiger partial charge in [0.2, 0.25) is 0 Å². The van der Waals surface area contributed by atoms with Crippen molar-refractivity contribution in [3.05, 3.63) is 17.0 Å². The van der Waals surface area contributed by atoms with Gasteiger partial charge in [0.1, 0.15) is 11.4 Å². The predicted molar refractivity (Wildman–Crippen MR) is 77.4 cm³/mol. The molecule has 0 saturated heterocycles. The number of nitrogens with zero attached hydrogens (tertiary/aromatic N) is 4. The number of hydrogen-bond acceptors (Lipinski definition) is 3. The molecule has 0 aliphatic heterocycles. The Hall–Kier alpha value is -1.89. The monoisotopic (exact) mass is 233 g/mol. The fourth-order valence-electron chi connectivity index (χ4n) is 1.66. The molecule has 0 saturated carbocycles. The Bertz CT molecular complexity index is 412. The molecule has 0 fully saturated rings. The molecule has 1 rings (SSSR count). The van der Waals surface area contributed by atoms with Crippen molar-refractivity contribution in [3.63, 3.8) is 0 Å². The number of hydrogen-bond donors (Lipinski definition) is 0. The maximum absolute atomic E-state index is 5.51. The summed E-state index contributed by atoms with van der Waals surface area (Å²) in [5.74, 6) is 0. The second kappa shape index (κ2) is 4.96. The summed E-state index contributed by atoms with van der Waals surface area (Å²) in [5, 5.41) is 0. The fraction of sp³-hybridized carbons (Fsp3) is 0.462. The Kier molecular flexibility index (Phi) is 3.84. The van der Waals surface area contributed by atoms with E-state index in [1.54, 1.807) is 0 Å². The molecule has 4 nitrogen and oxygen atoms in total. The van der Waals surface area contributed by atoms with Crippen molar-refractivity contribution in [2.24, 2.45) is 0 Å². The molecule has 0 spiro atoms. The highest BCUT2D eigenvalue weighted by atomic mass is 15.1. The summed E-state index contributed by atoms with van der Waals surface area (Å²) in [6.45, 7) is 5.51. The molecular weight excluding hydrogens is 212 g/mol. The van der Waals surface area contributed by atoms with Gasteiger partial charge in [-0.25, -0.2) is 0 Å². The van der Waals surface area contributed by atoms with E-state index in [0.29, 0.717) is 0 Å². The van der Waals surface area contributed by atoms with E-state index < -0.39 is 0 Å². The molecule has 0 aliphatic rings. The van der Waals surface area contributed by atoms with Crippen LogP contribution in [0.4, 0.5) is 22.7 Å². The van der Waals surface area contributed by atoms with Crippen LogP contribution in [-0.2, 0) is 0 Å². The van der Waals surface area contributed by atoms with Gasteiger partial charge < -0.3 is 14.7 Å². The lowest BCUT2D eigenvalue weighted by molar-refractivity contribution is 1.08. The molecule has 0 aliphatic carbocycles. The molecule has 0 bridgehead atoms. The third kappa shape index (κ3) is 2.62. The second-order valence-corrected chi connectivity index (χ2v) is 4.65. The van der Waals surface area contributed by atoms with Crippen molar-refractivity contribution >= 4 is 22.7 Å². The van der Waals surface area contributed by atoms with Gasteiger partial charge in [-0.3, -0.25) is 0 Å². The Morgan fingerprint density at radius 3 is 1.47 bits per heavy atom. The van der Waals surface area contributed by atoms with E-state index in [9.17, 15) is 0 Å². The third-order valence-corrected chi connectivity index (χ3v) is 2.66. The molecule has 1 aromatic carbocycles. The lowest BCUT2D eigenvalue weighted by Gasteiger charge is -2.21. The number of anilines is 3. The van der Waals surface area contributed by atoms with Crippen molar-refractivity contribution in [3.8, 4) is 6.57 Å². The molecule has 0 radical (unpaired) electrons. The molecule has 0 amide bonds. The van der Waals surface area contributed by atoms with Gasteiger partial charge in [-0.05, 0) is 17.0 Å². The van der Waals surface area contributed by atoms with Gasteiger partial charge in [-0.15, -0.1) is 0 Å². The second-order valence-electron chi connectivity index (χ2n) is 4.65.